The lowest BCUT2D eigenvalue weighted by atomic mass is 10.2. The summed E-state index contributed by atoms with van der Waals surface area (Å²) in [6.07, 6.45) is 5.27. The Labute approximate surface area is 103 Å². The molecule has 0 bridgehead atoms. The van der Waals surface area contributed by atoms with Gasteiger partial charge in [0.2, 0.25) is 0 Å². The Morgan fingerprint density at radius 2 is 1.88 bits per heavy atom. The Balaban J connectivity index is 2.30. The summed E-state index contributed by atoms with van der Waals surface area (Å²) in [6.45, 7) is 2.12. The monoisotopic (exact) mass is 253 g/mol. The fourth-order valence-corrected chi connectivity index (χ4v) is 2.74. The van der Waals surface area contributed by atoms with Crippen LogP contribution in [0.2, 0.25) is 0 Å². The maximum absolute atomic E-state index is 13.5. The Kier molecular flexibility index (Phi) is 3.84. The maximum atomic E-state index is 13.5. The summed E-state index contributed by atoms with van der Waals surface area (Å²) in [6, 6.07) is 3.71. The molecule has 4 heteroatoms. The van der Waals surface area contributed by atoms with Crippen molar-refractivity contribution in [1.82, 2.24) is 4.98 Å². The minimum absolute atomic E-state index is 0.0350. The topological polar surface area (TPSA) is 12.9 Å². The van der Waals surface area contributed by atoms with Crippen molar-refractivity contribution in [2.24, 2.45) is 0 Å². The third-order valence-corrected chi connectivity index (χ3v) is 3.70. The number of aryl methyl sites for hydroxylation is 1. The van der Waals surface area contributed by atoms with Gasteiger partial charge in [0, 0.05) is 9.75 Å². The molecule has 90 valence electrons. The van der Waals surface area contributed by atoms with Gasteiger partial charge in [0.25, 0.3) is 0 Å². The third-order valence-electron chi connectivity index (χ3n) is 2.54. The molecule has 0 spiro atoms. The number of nitrogens with zero attached hydrogens (tertiary/aromatic N) is 1. The summed E-state index contributed by atoms with van der Waals surface area (Å²) in [5.74, 6) is -1.21. The first-order valence-corrected chi connectivity index (χ1v) is 6.42. The summed E-state index contributed by atoms with van der Waals surface area (Å²) < 4.78 is 27.0. The molecule has 0 aliphatic carbocycles. The number of rotatable bonds is 4. The van der Waals surface area contributed by atoms with Gasteiger partial charge in [0.05, 0.1) is 18.0 Å². The Morgan fingerprint density at radius 1 is 1.18 bits per heavy atom. The normalized spacial score (nSPS) is 10.8. The number of halogens is 2. The van der Waals surface area contributed by atoms with Crippen molar-refractivity contribution < 1.29 is 8.78 Å². The molecule has 2 aromatic rings. The third kappa shape index (κ3) is 2.69. The van der Waals surface area contributed by atoms with E-state index in [0.29, 0.717) is 4.88 Å². The van der Waals surface area contributed by atoms with Crippen LogP contribution in [0, 0.1) is 11.6 Å². The van der Waals surface area contributed by atoms with Crippen LogP contribution >= 0.6 is 11.3 Å². The molecular formula is C13H13F2NS. The van der Waals surface area contributed by atoms with Gasteiger partial charge in [-0.15, -0.1) is 11.3 Å². The van der Waals surface area contributed by atoms with E-state index < -0.39 is 11.6 Å². The molecule has 2 heterocycles. The van der Waals surface area contributed by atoms with Gasteiger partial charge < -0.3 is 0 Å². The van der Waals surface area contributed by atoms with Crippen molar-refractivity contribution in [3.63, 3.8) is 0 Å². The minimum Gasteiger partial charge on any atom is -0.259 e. The van der Waals surface area contributed by atoms with Gasteiger partial charge >= 0.3 is 0 Å². The zero-order chi connectivity index (χ0) is 12.3. The standard InChI is InChI=1S/C13H13F2NS/c1-2-3-4-9-5-6-12(17-9)13-10(14)7-16-8-11(13)15/h5-8H,2-4H2,1H3. The van der Waals surface area contributed by atoms with Crippen molar-refractivity contribution in [2.45, 2.75) is 26.2 Å². The molecule has 0 unspecified atom stereocenters. The highest BCUT2D eigenvalue weighted by Crippen LogP contribution is 2.32. The SMILES string of the molecule is CCCCc1ccc(-c2c(F)cncc2F)s1. The minimum atomic E-state index is -0.603. The zero-order valence-corrected chi connectivity index (χ0v) is 10.4. The van der Waals surface area contributed by atoms with Gasteiger partial charge in [-0.3, -0.25) is 4.98 Å². The van der Waals surface area contributed by atoms with Crippen molar-refractivity contribution in [3.05, 3.63) is 41.0 Å². The van der Waals surface area contributed by atoms with Crippen LogP contribution in [0.4, 0.5) is 8.78 Å². The molecule has 0 N–H and O–H groups in total. The molecular weight excluding hydrogens is 240 g/mol. The molecule has 0 saturated carbocycles. The zero-order valence-electron chi connectivity index (χ0n) is 9.54. The molecule has 0 saturated heterocycles. The number of hydrogen-bond acceptors (Lipinski definition) is 2. The first kappa shape index (κ1) is 12.2. The van der Waals surface area contributed by atoms with Crippen LogP contribution in [0.1, 0.15) is 24.6 Å². The van der Waals surface area contributed by atoms with E-state index in [0.717, 1.165) is 36.5 Å². The van der Waals surface area contributed by atoms with Crippen LogP contribution in [0.5, 0.6) is 0 Å². The number of hydrogen-bond donors (Lipinski definition) is 0. The van der Waals surface area contributed by atoms with E-state index >= 15 is 0 Å². The van der Waals surface area contributed by atoms with Crippen molar-refractivity contribution in [1.29, 1.82) is 0 Å². The molecule has 0 aromatic carbocycles. The van der Waals surface area contributed by atoms with Gasteiger partial charge in [0.1, 0.15) is 0 Å². The van der Waals surface area contributed by atoms with Crippen LogP contribution in [0.25, 0.3) is 10.4 Å². The van der Waals surface area contributed by atoms with E-state index in [2.05, 4.69) is 11.9 Å². The fraction of sp³-hybridized carbons (Fsp3) is 0.308. The molecule has 2 rings (SSSR count). The molecule has 0 aliphatic rings. The summed E-state index contributed by atoms with van der Waals surface area (Å²) in [4.78, 5) is 5.28. The summed E-state index contributed by atoms with van der Waals surface area (Å²) in [7, 11) is 0. The van der Waals surface area contributed by atoms with Crippen LogP contribution in [-0.2, 0) is 6.42 Å². The van der Waals surface area contributed by atoms with Crippen LogP contribution in [-0.4, -0.2) is 4.98 Å². The highest BCUT2D eigenvalue weighted by molar-refractivity contribution is 7.15. The lowest BCUT2D eigenvalue weighted by Crippen LogP contribution is -1.89. The van der Waals surface area contributed by atoms with E-state index in [-0.39, 0.29) is 5.56 Å². The molecule has 1 nitrogen and oxygen atoms in total. The Bertz CT molecular complexity index is 488. The van der Waals surface area contributed by atoms with Crippen LogP contribution in [0.3, 0.4) is 0 Å². The Hall–Kier alpha value is -1.29. The number of unbranched alkanes of at least 4 members (excludes halogenated alkanes) is 1. The number of aromatic nitrogens is 1. The van der Waals surface area contributed by atoms with E-state index in [1.54, 1.807) is 6.07 Å². The molecule has 0 atom stereocenters. The predicted molar refractivity (Wildman–Crippen MR) is 66.1 cm³/mol. The highest BCUT2D eigenvalue weighted by Gasteiger charge is 2.13. The van der Waals surface area contributed by atoms with Crippen molar-refractivity contribution >= 4 is 11.3 Å². The van der Waals surface area contributed by atoms with E-state index in [1.807, 2.05) is 6.07 Å². The van der Waals surface area contributed by atoms with E-state index in [1.165, 1.54) is 11.3 Å². The molecule has 0 radical (unpaired) electrons. The quantitative estimate of drug-likeness (QED) is 0.785. The average Bonchev–Trinajstić information content (AvgIpc) is 2.75. The first-order chi connectivity index (χ1) is 8.22. The second-order valence-electron chi connectivity index (χ2n) is 3.85. The fourth-order valence-electron chi connectivity index (χ4n) is 1.64. The number of thiophene rings is 1. The predicted octanol–water partition coefficient (Wildman–Crippen LogP) is 4.43. The van der Waals surface area contributed by atoms with Gasteiger partial charge in [0.15, 0.2) is 11.6 Å². The highest BCUT2D eigenvalue weighted by atomic mass is 32.1. The lowest BCUT2D eigenvalue weighted by Gasteiger charge is -2.00. The summed E-state index contributed by atoms with van der Waals surface area (Å²) >= 11 is 1.45. The van der Waals surface area contributed by atoms with Crippen LogP contribution < -0.4 is 0 Å². The average molecular weight is 253 g/mol. The molecule has 0 aliphatic heterocycles. The summed E-state index contributed by atoms with van der Waals surface area (Å²) in [5, 5.41) is 0. The molecule has 2 aromatic heterocycles. The molecule has 17 heavy (non-hydrogen) atoms. The van der Waals surface area contributed by atoms with E-state index in [9.17, 15) is 8.78 Å². The molecule has 0 amide bonds. The lowest BCUT2D eigenvalue weighted by molar-refractivity contribution is 0.580. The maximum Gasteiger partial charge on any atom is 0.153 e. The number of pyridine rings is 1. The molecule has 0 fully saturated rings. The van der Waals surface area contributed by atoms with E-state index in [4.69, 9.17) is 0 Å². The first-order valence-electron chi connectivity index (χ1n) is 5.60. The van der Waals surface area contributed by atoms with Crippen molar-refractivity contribution in [2.75, 3.05) is 0 Å². The van der Waals surface area contributed by atoms with Gasteiger partial charge in [-0.25, -0.2) is 8.78 Å². The van der Waals surface area contributed by atoms with Crippen molar-refractivity contribution in [3.8, 4) is 10.4 Å². The largest absolute Gasteiger partial charge is 0.259 e. The second kappa shape index (κ2) is 5.36. The van der Waals surface area contributed by atoms with Gasteiger partial charge in [-0.1, -0.05) is 13.3 Å². The summed E-state index contributed by atoms with van der Waals surface area (Å²) in [5.41, 5.74) is 0.0350. The van der Waals surface area contributed by atoms with Crippen LogP contribution in [0.15, 0.2) is 24.5 Å². The second-order valence-corrected chi connectivity index (χ2v) is 5.02. The Morgan fingerprint density at radius 3 is 2.53 bits per heavy atom. The van der Waals surface area contributed by atoms with Gasteiger partial charge in [-0.05, 0) is 25.0 Å². The smallest absolute Gasteiger partial charge is 0.153 e. The van der Waals surface area contributed by atoms with Gasteiger partial charge in [-0.2, -0.15) is 0 Å².